The van der Waals surface area contributed by atoms with E-state index in [-0.39, 0.29) is 18.0 Å². The van der Waals surface area contributed by atoms with Crippen LogP contribution in [-0.2, 0) is 16.6 Å². The maximum absolute atomic E-state index is 13.7. The van der Waals surface area contributed by atoms with Crippen LogP contribution in [0.2, 0.25) is 0 Å². The van der Waals surface area contributed by atoms with Crippen molar-refractivity contribution in [1.29, 1.82) is 5.41 Å². The minimum atomic E-state index is -3.40. The van der Waals surface area contributed by atoms with Crippen LogP contribution in [0.15, 0.2) is 73.2 Å². The van der Waals surface area contributed by atoms with Gasteiger partial charge in [0.2, 0.25) is 10.0 Å². The first-order valence-corrected chi connectivity index (χ1v) is 12.1. The van der Waals surface area contributed by atoms with E-state index in [9.17, 15) is 17.2 Å². The summed E-state index contributed by atoms with van der Waals surface area (Å²) in [5.74, 6) is -2.06. The van der Waals surface area contributed by atoms with Gasteiger partial charge in [0.05, 0.1) is 11.5 Å². The van der Waals surface area contributed by atoms with E-state index < -0.39 is 21.7 Å². The number of rotatable bonds is 11. The van der Waals surface area contributed by atoms with Gasteiger partial charge in [0.1, 0.15) is 0 Å². The van der Waals surface area contributed by atoms with Crippen molar-refractivity contribution in [2.45, 2.75) is 6.54 Å². The van der Waals surface area contributed by atoms with Gasteiger partial charge >= 0.3 is 0 Å². The van der Waals surface area contributed by atoms with Crippen LogP contribution in [0.1, 0.15) is 11.1 Å². The molecule has 7 nitrogen and oxygen atoms in total. The molecule has 1 aromatic heterocycles. The van der Waals surface area contributed by atoms with Gasteiger partial charge in [-0.25, -0.2) is 21.9 Å². The van der Waals surface area contributed by atoms with E-state index in [1.165, 1.54) is 13.1 Å². The minimum Gasteiger partial charge on any atom is -0.387 e. The number of pyridine rings is 1. The van der Waals surface area contributed by atoms with Gasteiger partial charge in [0, 0.05) is 36.7 Å². The van der Waals surface area contributed by atoms with Crippen LogP contribution in [0.5, 0.6) is 0 Å². The van der Waals surface area contributed by atoms with E-state index in [1.54, 1.807) is 42.9 Å². The zero-order valence-corrected chi connectivity index (χ0v) is 19.3. The van der Waals surface area contributed by atoms with Crippen molar-refractivity contribution in [2.24, 2.45) is 0 Å². The van der Waals surface area contributed by atoms with Crippen LogP contribution in [-0.4, -0.2) is 38.5 Å². The number of hydrogen-bond acceptors (Lipinski definition) is 6. The predicted molar refractivity (Wildman–Crippen MR) is 130 cm³/mol. The fraction of sp³-hybridized carbons (Fsp3) is 0.167. The lowest BCUT2D eigenvalue weighted by molar-refractivity contribution is 0.509. The summed E-state index contributed by atoms with van der Waals surface area (Å²) >= 11 is 0. The number of allylic oxidation sites excluding steroid dienone is 1. The number of benzene rings is 2. The summed E-state index contributed by atoms with van der Waals surface area (Å²) in [6, 6.07) is 12.4. The zero-order valence-electron chi connectivity index (χ0n) is 18.5. The SMILES string of the molecule is CNS(=O)(=O)CCNc1ccc(-c2ccc(F)c(F)c2)cc1C(=N)/C=C\NCc1cccnc1. The van der Waals surface area contributed by atoms with E-state index >= 15 is 0 Å². The highest BCUT2D eigenvalue weighted by molar-refractivity contribution is 7.89. The summed E-state index contributed by atoms with van der Waals surface area (Å²) in [4.78, 5) is 4.05. The molecule has 0 unspecified atom stereocenters. The van der Waals surface area contributed by atoms with E-state index in [1.807, 2.05) is 12.1 Å². The molecule has 1 heterocycles. The zero-order chi connectivity index (χ0) is 24.6. The van der Waals surface area contributed by atoms with Crippen molar-refractivity contribution < 1.29 is 17.2 Å². The van der Waals surface area contributed by atoms with Gasteiger partial charge < -0.3 is 16.0 Å². The number of nitrogens with one attached hydrogen (secondary N) is 4. The first kappa shape index (κ1) is 25.0. The Morgan fingerprint density at radius 3 is 2.56 bits per heavy atom. The molecule has 34 heavy (non-hydrogen) atoms. The lowest BCUT2D eigenvalue weighted by atomic mass is 9.99. The highest BCUT2D eigenvalue weighted by atomic mass is 32.2. The molecule has 4 N–H and O–H groups in total. The summed E-state index contributed by atoms with van der Waals surface area (Å²) < 4.78 is 52.8. The first-order valence-electron chi connectivity index (χ1n) is 10.4. The third kappa shape index (κ3) is 6.93. The molecule has 0 amide bonds. The van der Waals surface area contributed by atoms with Gasteiger partial charge in [0.15, 0.2) is 11.6 Å². The average molecular weight is 486 g/mol. The second-order valence-electron chi connectivity index (χ2n) is 7.33. The highest BCUT2D eigenvalue weighted by Crippen LogP contribution is 2.27. The van der Waals surface area contributed by atoms with Crippen LogP contribution in [0.4, 0.5) is 14.5 Å². The standard InChI is InChI=1S/C24H25F2N5O2S/c1-28-34(32,33)12-11-31-24-7-5-18(19-4-6-21(25)22(26)14-19)13-20(24)23(27)8-10-30-16-17-3-2-9-29-15-17/h2-10,13-15,27-28,30-31H,11-12,16H2,1H3/b10-8-,27-23?. The third-order valence-corrected chi connectivity index (χ3v) is 6.32. The molecule has 10 heteroatoms. The third-order valence-electron chi connectivity index (χ3n) is 4.96. The number of hydrogen-bond donors (Lipinski definition) is 4. The number of nitrogens with zero attached hydrogens (tertiary/aromatic N) is 1. The minimum absolute atomic E-state index is 0.122. The van der Waals surface area contributed by atoms with Gasteiger partial charge in [-0.05, 0) is 66.3 Å². The van der Waals surface area contributed by atoms with Crippen LogP contribution >= 0.6 is 0 Å². The van der Waals surface area contributed by atoms with Gasteiger partial charge in [-0.2, -0.15) is 0 Å². The summed E-state index contributed by atoms with van der Waals surface area (Å²) in [5, 5.41) is 14.7. The van der Waals surface area contributed by atoms with Gasteiger partial charge in [0.25, 0.3) is 0 Å². The van der Waals surface area contributed by atoms with E-state index in [0.29, 0.717) is 28.9 Å². The van der Waals surface area contributed by atoms with E-state index in [0.717, 1.165) is 17.7 Å². The smallest absolute Gasteiger partial charge is 0.213 e. The van der Waals surface area contributed by atoms with Crippen LogP contribution in [0, 0.1) is 17.0 Å². The Hall–Kier alpha value is -3.63. The predicted octanol–water partition coefficient (Wildman–Crippen LogP) is 3.66. The molecular weight excluding hydrogens is 460 g/mol. The number of halogens is 2. The maximum Gasteiger partial charge on any atom is 0.213 e. The second-order valence-corrected chi connectivity index (χ2v) is 9.37. The summed E-state index contributed by atoms with van der Waals surface area (Å²) in [6.45, 7) is 0.649. The Morgan fingerprint density at radius 2 is 1.85 bits per heavy atom. The Kier molecular flexibility index (Phi) is 8.44. The average Bonchev–Trinajstić information content (AvgIpc) is 2.84. The van der Waals surface area contributed by atoms with Gasteiger partial charge in [-0.15, -0.1) is 0 Å². The van der Waals surface area contributed by atoms with Crippen molar-refractivity contribution in [2.75, 3.05) is 24.7 Å². The Bertz CT molecular complexity index is 1280. The summed E-state index contributed by atoms with van der Waals surface area (Å²) in [7, 11) is -2.06. The summed E-state index contributed by atoms with van der Waals surface area (Å²) in [6.07, 6.45) is 6.62. The van der Waals surface area contributed by atoms with Gasteiger partial charge in [-0.1, -0.05) is 18.2 Å². The molecule has 0 aliphatic carbocycles. The Balaban J connectivity index is 1.82. The molecule has 0 saturated heterocycles. The van der Waals surface area contributed by atoms with Crippen molar-refractivity contribution in [3.05, 3.63) is 96.0 Å². The monoisotopic (exact) mass is 485 g/mol. The lowest BCUT2D eigenvalue weighted by Gasteiger charge is -2.14. The number of aromatic nitrogens is 1. The van der Waals surface area contributed by atoms with Crippen molar-refractivity contribution in [3.8, 4) is 11.1 Å². The second kappa shape index (κ2) is 11.5. The fourth-order valence-corrected chi connectivity index (χ4v) is 3.69. The number of sulfonamides is 1. The molecule has 0 fully saturated rings. The summed E-state index contributed by atoms with van der Waals surface area (Å²) in [5.41, 5.74) is 3.18. The topological polar surface area (TPSA) is 107 Å². The van der Waals surface area contributed by atoms with Crippen LogP contribution in [0.25, 0.3) is 11.1 Å². The molecule has 0 atom stereocenters. The van der Waals surface area contributed by atoms with E-state index in [2.05, 4.69) is 20.3 Å². The molecule has 2 aromatic carbocycles. The lowest BCUT2D eigenvalue weighted by Crippen LogP contribution is -2.26. The molecule has 178 valence electrons. The largest absolute Gasteiger partial charge is 0.387 e. The normalized spacial score (nSPS) is 11.5. The molecule has 0 aliphatic heterocycles. The number of anilines is 1. The molecule has 0 saturated carbocycles. The quantitative estimate of drug-likeness (QED) is 0.310. The van der Waals surface area contributed by atoms with Crippen LogP contribution in [0.3, 0.4) is 0 Å². The van der Waals surface area contributed by atoms with Crippen molar-refractivity contribution in [3.63, 3.8) is 0 Å². The van der Waals surface area contributed by atoms with Gasteiger partial charge in [-0.3, -0.25) is 4.98 Å². The molecule has 0 aliphatic rings. The first-order chi connectivity index (χ1) is 16.3. The molecule has 0 bridgehead atoms. The molecule has 0 radical (unpaired) electrons. The molecule has 3 aromatic rings. The maximum atomic E-state index is 13.7. The molecular formula is C24H25F2N5O2S. The molecule has 0 spiro atoms. The fourth-order valence-electron chi connectivity index (χ4n) is 3.11. The molecule has 3 rings (SSSR count). The van der Waals surface area contributed by atoms with Crippen LogP contribution < -0.4 is 15.4 Å². The Labute approximate surface area is 197 Å². The Morgan fingerprint density at radius 1 is 1.09 bits per heavy atom. The van der Waals surface area contributed by atoms with Crippen molar-refractivity contribution >= 4 is 21.4 Å². The van der Waals surface area contributed by atoms with E-state index in [4.69, 9.17) is 5.41 Å². The highest BCUT2D eigenvalue weighted by Gasteiger charge is 2.12. The van der Waals surface area contributed by atoms with Crippen molar-refractivity contribution in [1.82, 2.24) is 15.0 Å².